The third-order valence-electron chi connectivity index (χ3n) is 3.62. The summed E-state index contributed by atoms with van der Waals surface area (Å²) in [5.41, 5.74) is 9.18. The van der Waals surface area contributed by atoms with Crippen LogP contribution in [0.15, 0.2) is 5.10 Å². The van der Waals surface area contributed by atoms with Crippen molar-refractivity contribution in [1.82, 2.24) is 5.43 Å². The number of hydrogen-bond acceptors (Lipinski definition) is 2. The minimum atomic E-state index is 0.257. The van der Waals surface area contributed by atoms with Gasteiger partial charge in [-0.1, -0.05) is 6.42 Å². The second kappa shape index (κ2) is 3.85. The Morgan fingerprint density at radius 3 is 2.71 bits per heavy atom. The molecule has 3 N–H and O–H groups in total. The van der Waals surface area contributed by atoms with Crippen LogP contribution in [0.25, 0.3) is 0 Å². The molecule has 0 radical (unpaired) electrons. The molecule has 0 aliphatic heterocycles. The summed E-state index contributed by atoms with van der Waals surface area (Å²) in [6, 6.07) is 0. The normalized spacial score (nSPS) is 36.1. The van der Waals surface area contributed by atoms with Crippen LogP contribution in [-0.4, -0.2) is 10.8 Å². The van der Waals surface area contributed by atoms with Crippen molar-refractivity contribution in [1.29, 1.82) is 0 Å². The maximum absolute atomic E-state index is 5.33. The molecule has 0 aromatic rings. The van der Waals surface area contributed by atoms with Crippen LogP contribution in [0.2, 0.25) is 0 Å². The summed E-state index contributed by atoms with van der Waals surface area (Å²) in [4.78, 5) is 0. The van der Waals surface area contributed by atoms with Crippen molar-refractivity contribution in [3.8, 4) is 0 Å². The van der Waals surface area contributed by atoms with E-state index in [2.05, 4.69) is 17.5 Å². The van der Waals surface area contributed by atoms with E-state index < -0.39 is 0 Å². The molecule has 2 saturated carbocycles. The van der Waals surface area contributed by atoms with Crippen LogP contribution in [0, 0.1) is 17.8 Å². The highest BCUT2D eigenvalue weighted by Gasteiger charge is 2.40. The molecule has 2 aliphatic rings. The predicted octanol–water partition coefficient (Wildman–Crippen LogP) is 1.63. The van der Waals surface area contributed by atoms with Crippen molar-refractivity contribution in [2.75, 3.05) is 0 Å². The molecular weight excluding hydrogens is 194 g/mol. The summed E-state index contributed by atoms with van der Waals surface area (Å²) in [7, 11) is 0. The molecule has 2 aliphatic carbocycles. The number of hydrogen-bond donors (Lipinski definition) is 2. The minimum absolute atomic E-state index is 0.257. The number of nitrogens with one attached hydrogen (secondary N) is 1. The van der Waals surface area contributed by atoms with Gasteiger partial charge < -0.3 is 5.73 Å². The molecule has 0 spiro atoms. The number of hydrazone groups is 1. The van der Waals surface area contributed by atoms with E-state index in [1.165, 1.54) is 31.4 Å². The van der Waals surface area contributed by atoms with Gasteiger partial charge in [-0.25, -0.2) is 0 Å². The average molecular weight is 211 g/mol. The van der Waals surface area contributed by atoms with E-state index in [-0.39, 0.29) is 5.11 Å². The molecule has 0 heterocycles. The zero-order valence-electron chi connectivity index (χ0n) is 8.49. The molecule has 0 amide bonds. The molecule has 2 rings (SSSR count). The lowest BCUT2D eigenvalue weighted by molar-refractivity contribution is 0.413. The predicted molar refractivity (Wildman–Crippen MR) is 62.0 cm³/mol. The lowest BCUT2D eigenvalue weighted by Crippen LogP contribution is -2.28. The van der Waals surface area contributed by atoms with E-state index in [1.54, 1.807) is 0 Å². The van der Waals surface area contributed by atoms with Gasteiger partial charge in [0.25, 0.3) is 0 Å². The van der Waals surface area contributed by atoms with E-state index in [0.717, 1.165) is 11.8 Å². The summed E-state index contributed by atoms with van der Waals surface area (Å²) < 4.78 is 0. The Morgan fingerprint density at radius 2 is 2.21 bits per heavy atom. The van der Waals surface area contributed by atoms with Gasteiger partial charge in [0.05, 0.1) is 0 Å². The average Bonchev–Trinajstić information content (AvgIpc) is 2.74. The summed E-state index contributed by atoms with van der Waals surface area (Å²) in [6.07, 6.45) is 5.54. The monoisotopic (exact) mass is 211 g/mol. The standard InChI is InChI=1S/C10H17N3S/c1-6(12-13-10(11)14)9-5-7-2-3-8(9)4-7/h7-9H,2-5H2,1H3,(H3,11,13,14)/t7-,8-,9-/m0/s1. The van der Waals surface area contributed by atoms with Crippen LogP contribution in [-0.2, 0) is 0 Å². The number of thiocarbonyl (C=S) groups is 1. The molecule has 3 nitrogen and oxygen atoms in total. The zero-order chi connectivity index (χ0) is 10.1. The van der Waals surface area contributed by atoms with Crippen LogP contribution in [0.4, 0.5) is 0 Å². The van der Waals surface area contributed by atoms with Gasteiger partial charge in [0.1, 0.15) is 0 Å². The minimum Gasteiger partial charge on any atom is -0.375 e. The number of nitrogens with zero attached hydrogens (tertiary/aromatic N) is 1. The fraction of sp³-hybridized carbons (Fsp3) is 0.800. The Kier molecular flexibility index (Phi) is 2.72. The molecule has 0 unspecified atom stereocenters. The van der Waals surface area contributed by atoms with E-state index >= 15 is 0 Å². The number of fused-ring (bicyclic) bond motifs is 2. The van der Waals surface area contributed by atoms with Crippen molar-refractivity contribution in [3.05, 3.63) is 0 Å². The maximum atomic E-state index is 5.33. The lowest BCUT2D eigenvalue weighted by Gasteiger charge is -2.21. The fourth-order valence-electron chi connectivity index (χ4n) is 2.98. The third-order valence-corrected chi connectivity index (χ3v) is 3.71. The molecule has 0 aromatic carbocycles. The molecule has 0 saturated heterocycles. The maximum Gasteiger partial charge on any atom is 0.184 e. The Balaban J connectivity index is 1.95. The van der Waals surface area contributed by atoms with E-state index in [4.69, 9.17) is 18.0 Å². The van der Waals surface area contributed by atoms with Crippen molar-refractivity contribution < 1.29 is 0 Å². The van der Waals surface area contributed by atoms with Crippen LogP contribution >= 0.6 is 12.2 Å². The molecular formula is C10H17N3S. The fourth-order valence-corrected chi connectivity index (χ4v) is 3.03. The summed E-state index contributed by atoms with van der Waals surface area (Å²) >= 11 is 4.71. The van der Waals surface area contributed by atoms with Gasteiger partial charge in [-0.15, -0.1) is 0 Å². The van der Waals surface area contributed by atoms with Crippen molar-refractivity contribution in [2.24, 2.45) is 28.6 Å². The van der Waals surface area contributed by atoms with E-state index in [0.29, 0.717) is 5.92 Å². The highest BCUT2D eigenvalue weighted by Crippen LogP contribution is 2.48. The molecule has 2 fully saturated rings. The van der Waals surface area contributed by atoms with Crippen LogP contribution in [0.5, 0.6) is 0 Å². The van der Waals surface area contributed by atoms with Gasteiger partial charge in [0.2, 0.25) is 0 Å². The first-order chi connectivity index (χ1) is 6.66. The highest BCUT2D eigenvalue weighted by atomic mass is 32.1. The van der Waals surface area contributed by atoms with Crippen LogP contribution in [0.1, 0.15) is 32.6 Å². The van der Waals surface area contributed by atoms with Gasteiger partial charge in [0.15, 0.2) is 5.11 Å². The summed E-state index contributed by atoms with van der Waals surface area (Å²) in [5, 5.41) is 4.48. The van der Waals surface area contributed by atoms with Gasteiger partial charge in [-0.3, -0.25) is 5.43 Å². The Hall–Kier alpha value is -0.640. The Bertz CT molecular complexity index is 275. The largest absolute Gasteiger partial charge is 0.375 e. The third kappa shape index (κ3) is 1.90. The first kappa shape index (κ1) is 9.90. The zero-order valence-corrected chi connectivity index (χ0v) is 9.31. The van der Waals surface area contributed by atoms with Crippen LogP contribution < -0.4 is 11.2 Å². The Morgan fingerprint density at radius 1 is 1.43 bits per heavy atom. The topological polar surface area (TPSA) is 50.4 Å². The smallest absolute Gasteiger partial charge is 0.184 e. The van der Waals surface area contributed by atoms with Crippen molar-refractivity contribution in [2.45, 2.75) is 32.6 Å². The summed E-state index contributed by atoms with van der Waals surface area (Å²) in [5.74, 6) is 2.51. The first-order valence-corrected chi connectivity index (χ1v) is 5.67. The molecule has 0 aromatic heterocycles. The van der Waals surface area contributed by atoms with Crippen molar-refractivity contribution in [3.63, 3.8) is 0 Å². The summed E-state index contributed by atoms with van der Waals surface area (Å²) in [6.45, 7) is 2.08. The quantitative estimate of drug-likeness (QED) is 0.415. The van der Waals surface area contributed by atoms with Crippen molar-refractivity contribution >= 4 is 23.0 Å². The molecule has 4 heteroatoms. The van der Waals surface area contributed by atoms with Gasteiger partial charge >= 0.3 is 0 Å². The highest BCUT2D eigenvalue weighted by molar-refractivity contribution is 7.80. The van der Waals surface area contributed by atoms with E-state index in [9.17, 15) is 0 Å². The van der Waals surface area contributed by atoms with Gasteiger partial charge in [0, 0.05) is 11.6 Å². The van der Waals surface area contributed by atoms with Gasteiger partial charge in [-0.05, 0) is 50.2 Å². The Labute approximate surface area is 90.1 Å². The molecule has 2 bridgehead atoms. The van der Waals surface area contributed by atoms with Gasteiger partial charge in [-0.2, -0.15) is 5.10 Å². The molecule has 78 valence electrons. The first-order valence-electron chi connectivity index (χ1n) is 5.26. The number of nitrogens with two attached hydrogens (primary N) is 1. The van der Waals surface area contributed by atoms with E-state index in [1.807, 2.05) is 0 Å². The SMILES string of the molecule is CC(=NNC(N)=S)[C@@H]1C[C@H]2CC[C@H]1C2. The van der Waals surface area contributed by atoms with Crippen LogP contribution in [0.3, 0.4) is 0 Å². The number of rotatable bonds is 2. The molecule has 3 atom stereocenters. The second-order valence-electron chi connectivity index (χ2n) is 4.51. The second-order valence-corrected chi connectivity index (χ2v) is 4.95. The lowest BCUT2D eigenvalue weighted by atomic mass is 9.86. The molecule has 14 heavy (non-hydrogen) atoms.